The predicted octanol–water partition coefficient (Wildman–Crippen LogP) is 4.30. The zero-order valence-corrected chi connectivity index (χ0v) is 15.5. The molecule has 0 radical (unpaired) electrons. The molecule has 2 aliphatic rings. The van der Waals surface area contributed by atoms with Crippen LogP contribution >= 0.6 is 11.6 Å². The van der Waals surface area contributed by atoms with Crippen LogP contribution in [0.4, 0.5) is 4.79 Å². The Labute approximate surface area is 152 Å². The first-order chi connectivity index (χ1) is 11.6. The van der Waals surface area contributed by atoms with Gasteiger partial charge >= 0.3 is 12.1 Å². The Hall–Kier alpha value is -1.75. The lowest BCUT2D eigenvalue weighted by atomic mass is 9.87. The van der Waals surface area contributed by atoms with Crippen LogP contribution in [0.2, 0.25) is 5.02 Å². The standard InChI is InChI=1S/C19H24ClNO4/c1-18(2,3)25-17(24)21-11-19(8-9-19)10-14(21)15(16(22)23)12-4-6-13(20)7-5-12/h4-7,14-15H,8-11H2,1-3H3,(H,22,23)/t14?,15-/m0/s1. The van der Waals surface area contributed by atoms with Gasteiger partial charge in [-0.2, -0.15) is 0 Å². The number of carbonyl (C=O) groups is 2. The molecule has 1 unspecified atom stereocenters. The van der Waals surface area contributed by atoms with E-state index in [2.05, 4.69) is 0 Å². The Morgan fingerprint density at radius 2 is 1.88 bits per heavy atom. The van der Waals surface area contributed by atoms with E-state index < -0.39 is 29.6 Å². The van der Waals surface area contributed by atoms with E-state index in [1.165, 1.54) is 0 Å². The normalized spacial score (nSPS) is 22.7. The van der Waals surface area contributed by atoms with Crippen LogP contribution in [0.15, 0.2) is 24.3 Å². The number of carboxylic acids is 1. The molecule has 6 heteroatoms. The number of benzene rings is 1. The maximum Gasteiger partial charge on any atom is 0.410 e. The summed E-state index contributed by atoms with van der Waals surface area (Å²) in [6.07, 6.45) is 2.35. The van der Waals surface area contributed by atoms with E-state index in [0.29, 0.717) is 23.6 Å². The SMILES string of the molecule is CC(C)(C)OC(=O)N1CC2(CC2)CC1[C@@H](C(=O)O)c1ccc(Cl)cc1. The minimum Gasteiger partial charge on any atom is -0.481 e. The van der Waals surface area contributed by atoms with Gasteiger partial charge in [0.05, 0.1) is 6.04 Å². The van der Waals surface area contributed by atoms with Crippen molar-refractivity contribution in [1.29, 1.82) is 0 Å². The van der Waals surface area contributed by atoms with Crippen LogP contribution in [-0.4, -0.2) is 40.3 Å². The highest BCUT2D eigenvalue weighted by Crippen LogP contribution is 2.57. The number of carboxylic acid groups (broad SMARTS) is 1. The highest BCUT2D eigenvalue weighted by molar-refractivity contribution is 6.30. The number of aliphatic carboxylic acids is 1. The Morgan fingerprint density at radius 1 is 1.28 bits per heavy atom. The molecule has 136 valence electrons. The molecule has 0 bridgehead atoms. The molecule has 5 nitrogen and oxygen atoms in total. The van der Waals surface area contributed by atoms with Crippen LogP contribution in [0.3, 0.4) is 0 Å². The highest BCUT2D eigenvalue weighted by Gasteiger charge is 2.56. The summed E-state index contributed by atoms with van der Waals surface area (Å²) in [4.78, 5) is 26.4. The summed E-state index contributed by atoms with van der Waals surface area (Å²) in [5.74, 6) is -1.72. The van der Waals surface area contributed by atoms with Crippen LogP contribution in [0, 0.1) is 5.41 Å². The number of halogens is 1. The molecule has 3 rings (SSSR count). The molecule has 1 heterocycles. The van der Waals surface area contributed by atoms with Gasteiger partial charge in [-0.05, 0) is 63.1 Å². The maximum absolute atomic E-state index is 12.7. The third-order valence-electron chi connectivity index (χ3n) is 5.01. The van der Waals surface area contributed by atoms with Crippen LogP contribution in [0.1, 0.15) is 51.5 Å². The first kappa shape index (κ1) is 18.1. The van der Waals surface area contributed by atoms with E-state index in [1.54, 1.807) is 29.2 Å². The average Bonchev–Trinajstić information content (AvgIpc) is 3.12. The summed E-state index contributed by atoms with van der Waals surface area (Å²) in [5, 5.41) is 10.4. The van der Waals surface area contributed by atoms with Gasteiger partial charge in [0.2, 0.25) is 0 Å². The lowest BCUT2D eigenvalue weighted by Crippen LogP contribution is -2.44. The van der Waals surface area contributed by atoms with Crippen molar-refractivity contribution < 1.29 is 19.4 Å². The van der Waals surface area contributed by atoms with Crippen LogP contribution in [-0.2, 0) is 9.53 Å². The van der Waals surface area contributed by atoms with Crippen LogP contribution in [0.5, 0.6) is 0 Å². The summed E-state index contributed by atoms with van der Waals surface area (Å²) in [6.45, 7) is 6.02. The largest absolute Gasteiger partial charge is 0.481 e. The molecule has 1 aliphatic heterocycles. The molecule has 1 N–H and O–H groups in total. The zero-order chi connectivity index (χ0) is 18.4. The first-order valence-corrected chi connectivity index (χ1v) is 8.96. The fraction of sp³-hybridized carbons (Fsp3) is 0.579. The fourth-order valence-electron chi connectivity index (χ4n) is 3.65. The van der Waals surface area contributed by atoms with Crippen molar-refractivity contribution in [2.45, 2.75) is 57.6 Å². The summed E-state index contributed by atoms with van der Waals surface area (Å²) in [7, 11) is 0. The third kappa shape index (κ3) is 3.92. The van der Waals surface area contributed by atoms with Crippen molar-refractivity contribution in [2.24, 2.45) is 5.41 Å². The van der Waals surface area contributed by atoms with Crippen molar-refractivity contribution in [3.05, 3.63) is 34.9 Å². The van der Waals surface area contributed by atoms with Crippen molar-refractivity contribution in [2.75, 3.05) is 6.54 Å². The summed E-state index contributed by atoms with van der Waals surface area (Å²) in [6, 6.07) is 6.42. The highest BCUT2D eigenvalue weighted by atomic mass is 35.5. The van der Waals surface area contributed by atoms with Gasteiger partial charge in [0.1, 0.15) is 11.5 Å². The number of likely N-dealkylation sites (tertiary alicyclic amines) is 1. The Kier molecular flexibility index (Phi) is 4.48. The number of carbonyl (C=O) groups excluding carboxylic acids is 1. The first-order valence-electron chi connectivity index (χ1n) is 8.58. The molecule has 1 amide bonds. The number of ether oxygens (including phenoxy) is 1. The Bertz CT molecular complexity index is 676. The summed E-state index contributed by atoms with van der Waals surface area (Å²) >= 11 is 5.93. The van der Waals surface area contributed by atoms with Crippen molar-refractivity contribution >= 4 is 23.7 Å². The Morgan fingerprint density at radius 3 is 2.36 bits per heavy atom. The molecule has 2 atom stereocenters. The molecule has 1 spiro atoms. The maximum atomic E-state index is 12.7. The fourth-order valence-corrected chi connectivity index (χ4v) is 3.78. The van der Waals surface area contributed by atoms with E-state index in [0.717, 1.165) is 12.8 Å². The molecule has 25 heavy (non-hydrogen) atoms. The second-order valence-electron chi connectivity index (χ2n) is 8.25. The molecular formula is C19H24ClNO4. The van der Waals surface area contributed by atoms with E-state index in [-0.39, 0.29) is 5.41 Å². The monoisotopic (exact) mass is 365 g/mol. The van der Waals surface area contributed by atoms with Gasteiger partial charge in [-0.1, -0.05) is 23.7 Å². The molecule has 2 fully saturated rings. The number of nitrogens with zero attached hydrogens (tertiary/aromatic N) is 1. The van der Waals surface area contributed by atoms with E-state index in [1.807, 2.05) is 20.8 Å². The average molecular weight is 366 g/mol. The predicted molar refractivity (Wildman–Crippen MR) is 94.8 cm³/mol. The smallest absolute Gasteiger partial charge is 0.410 e. The van der Waals surface area contributed by atoms with Crippen LogP contribution in [0.25, 0.3) is 0 Å². The molecule has 1 aromatic rings. The molecule has 1 aliphatic carbocycles. The van der Waals surface area contributed by atoms with Gasteiger partial charge in [-0.3, -0.25) is 4.79 Å². The molecule has 0 aromatic heterocycles. The summed E-state index contributed by atoms with van der Waals surface area (Å²) in [5.41, 5.74) is 0.120. The molecule has 1 saturated heterocycles. The van der Waals surface area contributed by atoms with E-state index in [4.69, 9.17) is 16.3 Å². The zero-order valence-electron chi connectivity index (χ0n) is 14.8. The van der Waals surface area contributed by atoms with Crippen molar-refractivity contribution in [3.63, 3.8) is 0 Å². The van der Waals surface area contributed by atoms with E-state index in [9.17, 15) is 14.7 Å². The number of amides is 1. The van der Waals surface area contributed by atoms with Gasteiger partial charge in [-0.15, -0.1) is 0 Å². The lowest BCUT2D eigenvalue weighted by Gasteiger charge is -2.31. The quantitative estimate of drug-likeness (QED) is 0.867. The minimum absolute atomic E-state index is 0.0711. The van der Waals surface area contributed by atoms with Gasteiger partial charge < -0.3 is 14.7 Å². The minimum atomic E-state index is -0.932. The second-order valence-corrected chi connectivity index (χ2v) is 8.68. The Balaban J connectivity index is 1.91. The molecular weight excluding hydrogens is 342 g/mol. The number of rotatable bonds is 3. The van der Waals surface area contributed by atoms with Crippen molar-refractivity contribution in [1.82, 2.24) is 4.90 Å². The second kappa shape index (κ2) is 6.20. The molecule has 1 aromatic carbocycles. The van der Waals surface area contributed by atoms with Crippen molar-refractivity contribution in [3.8, 4) is 0 Å². The number of hydrogen-bond acceptors (Lipinski definition) is 3. The van der Waals surface area contributed by atoms with Gasteiger partial charge in [0.15, 0.2) is 0 Å². The van der Waals surface area contributed by atoms with Gasteiger partial charge in [0.25, 0.3) is 0 Å². The summed E-state index contributed by atoms with van der Waals surface area (Å²) < 4.78 is 5.53. The van der Waals surface area contributed by atoms with Crippen LogP contribution < -0.4 is 0 Å². The third-order valence-corrected chi connectivity index (χ3v) is 5.27. The number of hydrogen-bond donors (Lipinski definition) is 1. The van der Waals surface area contributed by atoms with Gasteiger partial charge in [0, 0.05) is 11.6 Å². The molecule has 1 saturated carbocycles. The van der Waals surface area contributed by atoms with E-state index >= 15 is 0 Å². The topological polar surface area (TPSA) is 66.8 Å². The lowest BCUT2D eigenvalue weighted by molar-refractivity contribution is -0.140. The van der Waals surface area contributed by atoms with Gasteiger partial charge in [-0.25, -0.2) is 4.79 Å².